The molecule has 0 aliphatic carbocycles. The van der Waals surface area contributed by atoms with Crippen molar-refractivity contribution in [2.24, 2.45) is 0 Å². The van der Waals surface area contributed by atoms with Crippen LogP contribution in [0.25, 0.3) is 0 Å². The lowest BCUT2D eigenvalue weighted by Gasteiger charge is -2.30. The average molecular weight is 287 g/mol. The van der Waals surface area contributed by atoms with Crippen LogP contribution in [0.1, 0.15) is 5.56 Å². The molecular weight excluding hydrogens is 269 g/mol. The molecule has 19 heavy (non-hydrogen) atoms. The van der Waals surface area contributed by atoms with E-state index < -0.39 is 10.2 Å². The highest BCUT2D eigenvalue weighted by Gasteiger charge is 2.27. The summed E-state index contributed by atoms with van der Waals surface area (Å²) >= 11 is 0. The van der Waals surface area contributed by atoms with Crippen LogP contribution in [0.15, 0.2) is 24.3 Å². The minimum absolute atomic E-state index is 0.243. The van der Waals surface area contributed by atoms with Crippen LogP contribution in [-0.2, 0) is 16.8 Å². The largest absolute Gasteiger partial charge is 0.314 e. The zero-order valence-electron chi connectivity index (χ0n) is 10.8. The van der Waals surface area contributed by atoms with Gasteiger partial charge in [0.25, 0.3) is 10.2 Å². The highest BCUT2D eigenvalue weighted by Crippen LogP contribution is 2.12. The summed E-state index contributed by atoms with van der Waals surface area (Å²) in [7, 11) is -1.90. The first kappa shape index (κ1) is 14.4. The number of hydrogen-bond donors (Lipinski definition) is 1. The molecule has 5 nitrogen and oxygen atoms in total. The lowest BCUT2D eigenvalue weighted by molar-refractivity contribution is 0.324. The number of piperazine rings is 1. The molecule has 1 aliphatic heterocycles. The predicted octanol–water partition coefficient (Wildman–Crippen LogP) is 0.408. The van der Waals surface area contributed by atoms with Crippen molar-refractivity contribution in [1.29, 1.82) is 0 Å². The Morgan fingerprint density at radius 1 is 1.26 bits per heavy atom. The molecule has 1 saturated heterocycles. The molecule has 1 fully saturated rings. The summed E-state index contributed by atoms with van der Waals surface area (Å²) in [5.74, 6) is -0.323. The van der Waals surface area contributed by atoms with E-state index in [1.165, 1.54) is 20.7 Å². The van der Waals surface area contributed by atoms with Crippen LogP contribution in [0.4, 0.5) is 4.39 Å². The first-order chi connectivity index (χ1) is 9.00. The van der Waals surface area contributed by atoms with E-state index in [9.17, 15) is 12.8 Å². The molecular formula is C12H18FN3O2S. The molecule has 1 N–H and O–H groups in total. The molecule has 1 aliphatic rings. The van der Waals surface area contributed by atoms with Crippen LogP contribution in [0.3, 0.4) is 0 Å². The van der Waals surface area contributed by atoms with Crippen molar-refractivity contribution in [2.45, 2.75) is 6.54 Å². The highest BCUT2D eigenvalue weighted by molar-refractivity contribution is 7.86. The van der Waals surface area contributed by atoms with Gasteiger partial charge in [0.15, 0.2) is 0 Å². The third-order valence-corrected chi connectivity index (χ3v) is 5.05. The molecule has 0 amide bonds. The second-order valence-corrected chi connectivity index (χ2v) is 6.57. The van der Waals surface area contributed by atoms with Gasteiger partial charge in [0.2, 0.25) is 0 Å². The quantitative estimate of drug-likeness (QED) is 0.872. The summed E-state index contributed by atoms with van der Waals surface area (Å²) < 4.78 is 40.2. The molecule has 0 atom stereocenters. The molecule has 1 aromatic rings. The Balaban J connectivity index is 2.05. The van der Waals surface area contributed by atoms with Crippen LogP contribution >= 0.6 is 0 Å². The van der Waals surface area contributed by atoms with Gasteiger partial charge in [0.05, 0.1) is 0 Å². The van der Waals surface area contributed by atoms with Gasteiger partial charge in [-0.3, -0.25) is 0 Å². The third-order valence-electron chi connectivity index (χ3n) is 3.11. The summed E-state index contributed by atoms with van der Waals surface area (Å²) in [6, 6.07) is 5.86. The minimum Gasteiger partial charge on any atom is -0.314 e. The third kappa shape index (κ3) is 3.50. The van der Waals surface area contributed by atoms with Crippen molar-refractivity contribution in [2.75, 3.05) is 33.2 Å². The van der Waals surface area contributed by atoms with Crippen LogP contribution in [-0.4, -0.2) is 50.3 Å². The molecule has 1 aromatic carbocycles. The van der Waals surface area contributed by atoms with E-state index in [-0.39, 0.29) is 12.4 Å². The number of halogens is 1. The van der Waals surface area contributed by atoms with E-state index in [0.29, 0.717) is 26.2 Å². The van der Waals surface area contributed by atoms with E-state index in [2.05, 4.69) is 5.32 Å². The lowest BCUT2D eigenvalue weighted by Crippen LogP contribution is -2.50. The minimum atomic E-state index is -3.44. The molecule has 1 heterocycles. The molecule has 0 radical (unpaired) electrons. The smallest absolute Gasteiger partial charge is 0.282 e. The van der Waals surface area contributed by atoms with E-state index >= 15 is 0 Å². The van der Waals surface area contributed by atoms with Gasteiger partial charge in [-0.15, -0.1) is 0 Å². The van der Waals surface area contributed by atoms with Crippen LogP contribution < -0.4 is 5.32 Å². The maximum absolute atomic E-state index is 12.8. The molecule has 0 aromatic heterocycles. The zero-order chi connectivity index (χ0) is 13.9. The molecule has 0 unspecified atom stereocenters. The maximum atomic E-state index is 12.8. The highest BCUT2D eigenvalue weighted by atomic mass is 32.2. The van der Waals surface area contributed by atoms with Gasteiger partial charge in [-0.2, -0.15) is 17.0 Å². The summed E-state index contributed by atoms with van der Waals surface area (Å²) in [6.07, 6.45) is 0. The van der Waals surface area contributed by atoms with Gasteiger partial charge in [-0.1, -0.05) is 12.1 Å². The first-order valence-corrected chi connectivity index (χ1v) is 7.56. The predicted molar refractivity (Wildman–Crippen MR) is 71.2 cm³/mol. The van der Waals surface area contributed by atoms with E-state index in [1.807, 2.05) is 0 Å². The van der Waals surface area contributed by atoms with Crippen LogP contribution in [0.5, 0.6) is 0 Å². The molecule has 0 saturated carbocycles. The van der Waals surface area contributed by atoms with E-state index in [1.54, 1.807) is 19.2 Å². The van der Waals surface area contributed by atoms with Crippen molar-refractivity contribution in [3.8, 4) is 0 Å². The van der Waals surface area contributed by atoms with E-state index in [4.69, 9.17) is 0 Å². The van der Waals surface area contributed by atoms with Gasteiger partial charge >= 0.3 is 0 Å². The number of hydrogen-bond acceptors (Lipinski definition) is 3. The van der Waals surface area contributed by atoms with Crippen molar-refractivity contribution >= 4 is 10.2 Å². The Morgan fingerprint density at radius 3 is 2.42 bits per heavy atom. The van der Waals surface area contributed by atoms with E-state index in [0.717, 1.165) is 5.56 Å². The second-order valence-electron chi connectivity index (χ2n) is 4.54. The summed E-state index contributed by atoms with van der Waals surface area (Å²) in [6.45, 7) is 2.55. The summed E-state index contributed by atoms with van der Waals surface area (Å²) in [5.41, 5.74) is 0.766. The second kappa shape index (κ2) is 5.96. The van der Waals surface area contributed by atoms with Crippen LogP contribution in [0, 0.1) is 5.82 Å². The van der Waals surface area contributed by atoms with Gasteiger partial charge in [-0.05, 0) is 17.7 Å². The molecule has 0 spiro atoms. The fourth-order valence-electron chi connectivity index (χ4n) is 2.00. The normalized spacial score (nSPS) is 17.8. The number of rotatable bonds is 4. The van der Waals surface area contributed by atoms with Crippen molar-refractivity contribution in [3.63, 3.8) is 0 Å². The van der Waals surface area contributed by atoms with Gasteiger partial charge in [0, 0.05) is 39.8 Å². The SMILES string of the molecule is CN(Cc1ccc(F)cc1)S(=O)(=O)N1CCNCC1. The van der Waals surface area contributed by atoms with Crippen molar-refractivity contribution in [3.05, 3.63) is 35.6 Å². The van der Waals surface area contributed by atoms with Crippen molar-refractivity contribution < 1.29 is 12.8 Å². The Labute approximate surface area is 113 Å². The molecule has 0 bridgehead atoms. The monoisotopic (exact) mass is 287 g/mol. The van der Waals surface area contributed by atoms with Gasteiger partial charge < -0.3 is 5.32 Å². The summed E-state index contributed by atoms with van der Waals surface area (Å²) in [4.78, 5) is 0. The number of nitrogens with one attached hydrogen (secondary N) is 1. The Hall–Kier alpha value is -1.02. The Bertz CT molecular complexity index is 512. The standard InChI is InChI=1S/C12H18FN3O2S/c1-15(10-11-2-4-12(13)5-3-11)19(17,18)16-8-6-14-7-9-16/h2-5,14H,6-10H2,1H3. The molecule has 2 rings (SSSR count). The number of benzene rings is 1. The fourth-order valence-corrected chi connectivity index (χ4v) is 3.35. The topological polar surface area (TPSA) is 52.7 Å². The fraction of sp³-hybridized carbons (Fsp3) is 0.500. The van der Waals surface area contributed by atoms with Gasteiger partial charge in [0.1, 0.15) is 5.82 Å². The van der Waals surface area contributed by atoms with Gasteiger partial charge in [-0.25, -0.2) is 4.39 Å². The van der Waals surface area contributed by atoms with Crippen molar-refractivity contribution in [1.82, 2.24) is 13.9 Å². The van der Waals surface area contributed by atoms with Crippen LogP contribution in [0.2, 0.25) is 0 Å². The number of nitrogens with zero attached hydrogens (tertiary/aromatic N) is 2. The summed E-state index contributed by atoms with van der Waals surface area (Å²) in [5, 5.41) is 3.12. The Morgan fingerprint density at radius 2 is 1.84 bits per heavy atom. The first-order valence-electron chi connectivity index (χ1n) is 6.17. The molecule has 7 heteroatoms. The Kier molecular flexibility index (Phi) is 4.51. The molecule has 106 valence electrons. The lowest BCUT2D eigenvalue weighted by atomic mass is 10.2. The average Bonchev–Trinajstić information content (AvgIpc) is 2.42. The zero-order valence-corrected chi connectivity index (χ0v) is 11.7. The maximum Gasteiger partial charge on any atom is 0.282 e.